The lowest BCUT2D eigenvalue weighted by Crippen LogP contribution is -2.38. The van der Waals surface area contributed by atoms with Crippen molar-refractivity contribution in [3.05, 3.63) is 59.7 Å². The minimum absolute atomic E-state index is 0.347. The molecule has 28 heavy (non-hydrogen) atoms. The van der Waals surface area contributed by atoms with Gasteiger partial charge in [-0.3, -0.25) is 0 Å². The summed E-state index contributed by atoms with van der Waals surface area (Å²) < 4.78 is 5.76. The molecule has 1 unspecified atom stereocenters. The van der Waals surface area contributed by atoms with Crippen LogP contribution >= 0.6 is 11.8 Å². The topological polar surface area (TPSA) is 44.7 Å². The van der Waals surface area contributed by atoms with E-state index in [4.69, 9.17) is 4.74 Å². The van der Waals surface area contributed by atoms with Crippen LogP contribution in [-0.2, 0) is 13.1 Å². The average molecular weight is 401 g/mol. The summed E-state index contributed by atoms with van der Waals surface area (Å²) in [6.45, 7) is 4.93. The fraction of sp³-hybridized carbons (Fsp3) is 0.478. The van der Waals surface area contributed by atoms with Crippen molar-refractivity contribution in [3.63, 3.8) is 0 Å². The summed E-state index contributed by atoms with van der Waals surface area (Å²) in [5.41, 5.74) is 2.52. The Balaban J connectivity index is 1.37. The number of hydrogen-bond acceptors (Lipinski definition) is 5. The normalized spacial score (nSPS) is 16.1. The molecule has 3 rings (SSSR count). The highest BCUT2D eigenvalue weighted by atomic mass is 32.2. The van der Waals surface area contributed by atoms with E-state index in [1.165, 1.54) is 35.3 Å². The Labute approximate surface area is 173 Å². The number of nitrogens with one attached hydrogen (secondary N) is 1. The predicted molar refractivity (Wildman–Crippen MR) is 117 cm³/mol. The maximum absolute atomic E-state index is 10.2. The van der Waals surface area contributed by atoms with E-state index in [2.05, 4.69) is 52.9 Å². The van der Waals surface area contributed by atoms with Gasteiger partial charge in [0.15, 0.2) is 0 Å². The number of aliphatic hydroxyl groups is 1. The summed E-state index contributed by atoms with van der Waals surface area (Å²) in [5.74, 6) is 0.814. The minimum atomic E-state index is -0.434. The van der Waals surface area contributed by atoms with Gasteiger partial charge in [0.2, 0.25) is 0 Å². The first-order chi connectivity index (χ1) is 13.7. The maximum Gasteiger partial charge on any atom is 0.119 e. The van der Waals surface area contributed by atoms with E-state index in [0.717, 1.165) is 31.9 Å². The number of nitrogens with zero attached hydrogens (tertiary/aromatic N) is 1. The molecule has 2 aromatic carbocycles. The van der Waals surface area contributed by atoms with Gasteiger partial charge in [-0.25, -0.2) is 0 Å². The third-order valence-electron chi connectivity index (χ3n) is 5.08. The lowest BCUT2D eigenvalue weighted by molar-refractivity contribution is 0.0617. The number of rotatable bonds is 10. The lowest BCUT2D eigenvalue weighted by atomic mass is 10.1. The number of thioether (sulfide) groups is 1. The van der Waals surface area contributed by atoms with E-state index in [9.17, 15) is 5.11 Å². The minimum Gasteiger partial charge on any atom is -0.491 e. The molecule has 1 saturated heterocycles. The van der Waals surface area contributed by atoms with Gasteiger partial charge in [-0.2, -0.15) is 0 Å². The summed E-state index contributed by atoms with van der Waals surface area (Å²) >= 11 is 1.77. The first-order valence-electron chi connectivity index (χ1n) is 10.2. The van der Waals surface area contributed by atoms with Gasteiger partial charge in [0, 0.05) is 24.5 Å². The molecule has 2 N–H and O–H groups in total. The van der Waals surface area contributed by atoms with Crippen molar-refractivity contribution < 1.29 is 9.84 Å². The van der Waals surface area contributed by atoms with Gasteiger partial charge in [0.1, 0.15) is 18.5 Å². The molecule has 0 spiro atoms. The van der Waals surface area contributed by atoms with Crippen molar-refractivity contribution in [2.24, 2.45) is 0 Å². The molecule has 1 atom stereocenters. The monoisotopic (exact) mass is 400 g/mol. The maximum atomic E-state index is 10.2. The molecule has 0 bridgehead atoms. The fourth-order valence-electron chi connectivity index (χ4n) is 3.52. The number of hydrogen-bond donors (Lipinski definition) is 2. The summed E-state index contributed by atoms with van der Waals surface area (Å²) in [4.78, 5) is 3.63. The molecule has 5 heteroatoms. The third kappa shape index (κ3) is 7.13. The Hall–Kier alpha value is -1.53. The second kappa shape index (κ2) is 11.5. The predicted octanol–water partition coefficient (Wildman–Crippen LogP) is 3.92. The van der Waals surface area contributed by atoms with Gasteiger partial charge >= 0.3 is 0 Å². The van der Waals surface area contributed by atoms with Crippen LogP contribution in [0.4, 0.5) is 0 Å². The molecule has 0 saturated carbocycles. The van der Waals surface area contributed by atoms with Gasteiger partial charge < -0.3 is 20.1 Å². The molecule has 0 radical (unpaired) electrons. The molecule has 1 fully saturated rings. The van der Waals surface area contributed by atoms with Gasteiger partial charge in [-0.1, -0.05) is 30.7 Å². The zero-order valence-corrected chi connectivity index (χ0v) is 17.6. The molecule has 1 heterocycles. The molecule has 152 valence electrons. The molecular weight excluding hydrogens is 368 g/mol. The van der Waals surface area contributed by atoms with Crippen LogP contribution in [0.3, 0.4) is 0 Å². The van der Waals surface area contributed by atoms with Gasteiger partial charge in [0.25, 0.3) is 0 Å². The summed E-state index contributed by atoms with van der Waals surface area (Å²) in [5, 5.41) is 13.7. The summed E-state index contributed by atoms with van der Waals surface area (Å²) in [6, 6.07) is 16.8. The van der Waals surface area contributed by atoms with Crippen LogP contribution < -0.4 is 10.1 Å². The van der Waals surface area contributed by atoms with Gasteiger partial charge in [-0.15, -0.1) is 11.8 Å². The molecule has 1 aliphatic heterocycles. The van der Waals surface area contributed by atoms with E-state index in [-0.39, 0.29) is 0 Å². The molecular formula is C23H32N2O2S. The quantitative estimate of drug-likeness (QED) is 0.592. The SMILES string of the molecule is CSc1cccc(CNCc2ccc(OCC(O)CN3CCCCC3)cc2)c1. The Bertz CT molecular complexity index is 702. The number of ether oxygens (including phenoxy) is 1. The Morgan fingerprint density at radius 1 is 1.04 bits per heavy atom. The summed E-state index contributed by atoms with van der Waals surface area (Å²) in [7, 11) is 0. The van der Waals surface area contributed by atoms with Crippen molar-refractivity contribution in [2.45, 2.75) is 43.4 Å². The molecule has 1 aliphatic rings. The second-order valence-corrected chi connectivity index (χ2v) is 8.30. The highest BCUT2D eigenvalue weighted by Crippen LogP contribution is 2.16. The van der Waals surface area contributed by atoms with Crippen LogP contribution in [0.5, 0.6) is 5.75 Å². The third-order valence-corrected chi connectivity index (χ3v) is 5.80. The van der Waals surface area contributed by atoms with E-state index in [0.29, 0.717) is 13.2 Å². The first kappa shape index (κ1) is 21.2. The number of piperidine rings is 1. The smallest absolute Gasteiger partial charge is 0.119 e. The van der Waals surface area contributed by atoms with Crippen LogP contribution in [0.2, 0.25) is 0 Å². The van der Waals surface area contributed by atoms with Crippen molar-refractivity contribution in [1.82, 2.24) is 10.2 Å². The molecule has 0 aromatic heterocycles. The molecule has 2 aromatic rings. The fourth-order valence-corrected chi connectivity index (χ4v) is 4.01. The van der Waals surface area contributed by atoms with Crippen LogP contribution in [0, 0.1) is 0 Å². The van der Waals surface area contributed by atoms with E-state index >= 15 is 0 Å². The average Bonchev–Trinajstić information content (AvgIpc) is 2.74. The largest absolute Gasteiger partial charge is 0.491 e. The molecule has 0 amide bonds. The zero-order valence-electron chi connectivity index (χ0n) is 16.8. The van der Waals surface area contributed by atoms with Crippen LogP contribution in [0.25, 0.3) is 0 Å². The Morgan fingerprint density at radius 3 is 2.54 bits per heavy atom. The van der Waals surface area contributed by atoms with E-state index in [1.807, 2.05) is 12.1 Å². The molecule has 0 aliphatic carbocycles. The van der Waals surface area contributed by atoms with Crippen LogP contribution in [0.15, 0.2) is 53.4 Å². The Morgan fingerprint density at radius 2 is 1.79 bits per heavy atom. The van der Waals surface area contributed by atoms with Crippen molar-refractivity contribution in [3.8, 4) is 5.75 Å². The van der Waals surface area contributed by atoms with Crippen molar-refractivity contribution in [1.29, 1.82) is 0 Å². The van der Waals surface area contributed by atoms with Crippen LogP contribution in [-0.4, -0.2) is 48.6 Å². The van der Waals surface area contributed by atoms with Gasteiger partial charge in [-0.05, 0) is 67.6 Å². The second-order valence-electron chi connectivity index (χ2n) is 7.43. The molecule has 4 nitrogen and oxygen atoms in total. The van der Waals surface area contributed by atoms with Crippen molar-refractivity contribution >= 4 is 11.8 Å². The number of benzene rings is 2. The van der Waals surface area contributed by atoms with E-state index < -0.39 is 6.10 Å². The summed E-state index contributed by atoms with van der Waals surface area (Å²) in [6.07, 6.45) is 5.46. The zero-order chi connectivity index (χ0) is 19.6. The Kier molecular flexibility index (Phi) is 8.68. The number of likely N-dealkylation sites (tertiary alicyclic amines) is 1. The van der Waals surface area contributed by atoms with Crippen molar-refractivity contribution in [2.75, 3.05) is 32.5 Å². The first-order valence-corrected chi connectivity index (χ1v) is 11.4. The van der Waals surface area contributed by atoms with Crippen LogP contribution in [0.1, 0.15) is 30.4 Å². The lowest BCUT2D eigenvalue weighted by Gasteiger charge is -2.28. The highest BCUT2D eigenvalue weighted by molar-refractivity contribution is 7.98. The van der Waals surface area contributed by atoms with Gasteiger partial charge in [0.05, 0.1) is 0 Å². The van der Waals surface area contributed by atoms with E-state index in [1.54, 1.807) is 11.8 Å². The standard InChI is InChI=1S/C23H32N2O2S/c1-28-23-7-5-6-20(14-23)16-24-15-19-8-10-22(11-9-19)27-18-21(26)17-25-12-3-2-4-13-25/h5-11,14,21,24,26H,2-4,12-13,15-18H2,1H3. The number of β-amino-alcohol motifs (C(OH)–C–C–N with tert-alkyl or cyclic N) is 1. The number of aliphatic hydroxyl groups excluding tert-OH is 1. The highest BCUT2D eigenvalue weighted by Gasteiger charge is 2.15.